The third kappa shape index (κ3) is 4.17. The molecule has 0 radical (unpaired) electrons. The molecule has 0 saturated heterocycles. The molecule has 0 aliphatic rings. The fourth-order valence-corrected chi connectivity index (χ4v) is 3.20. The Hall–Kier alpha value is 0.01000. The molecule has 0 bridgehead atoms. The number of thioether (sulfide) groups is 1. The summed E-state index contributed by atoms with van der Waals surface area (Å²) in [6.45, 7) is 9.01. The zero-order valence-corrected chi connectivity index (χ0v) is 11.9. The summed E-state index contributed by atoms with van der Waals surface area (Å²) in [5.41, 5.74) is 1.46. The van der Waals surface area contributed by atoms with Gasteiger partial charge >= 0.3 is 0 Å². The first-order valence-corrected chi connectivity index (χ1v) is 7.16. The summed E-state index contributed by atoms with van der Waals surface area (Å²) in [6.07, 6.45) is 0. The number of hydrogen-bond acceptors (Lipinski definition) is 3. The van der Waals surface area contributed by atoms with E-state index in [2.05, 4.69) is 44.5 Å². The lowest BCUT2D eigenvalue weighted by molar-refractivity contribution is 0.656. The second-order valence-corrected chi connectivity index (χ2v) is 7.66. The highest BCUT2D eigenvalue weighted by molar-refractivity contribution is 8.00. The van der Waals surface area contributed by atoms with Crippen LogP contribution in [0.2, 0.25) is 0 Å². The predicted octanol–water partition coefficient (Wildman–Crippen LogP) is 3.85. The maximum atomic E-state index is 3.40. The molecule has 86 valence electrons. The van der Waals surface area contributed by atoms with Crippen molar-refractivity contribution in [3.63, 3.8) is 0 Å². The topological polar surface area (TPSA) is 12.0 Å². The maximum Gasteiger partial charge on any atom is 0.0420 e. The molecule has 15 heavy (non-hydrogen) atoms. The predicted molar refractivity (Wildman–Crippen MR) is 73.1 cm³/mol. The lowest BCUT2D eigenvalue weighted by atomic mass is 10.1. The van der Waals surface area contributed by atoms with Crippen LogP contribution in [-0.4, -0.2) is 17.5 Å². The van der Waals surface area contributed by atoms with Crippen LogP contribution in [0.25, 0.3) is 0 Å². The van der Waals surface area contributed by atoms with E-state index in [1.807, 2.05) is 30.1 Å². The van der Waals surface area contributed by atoms with Crippen molar-refractivity contribution < 1.29 is 0 Å². The molecule has 0 aliphatic heterocycles. The lowest BCUT2D eigenvalue weighted by Crippen LogP contribution is -2.21. The minimum Gasteiger partial charge on any atom is -0.312 e. The van der Waals surface area contributed by atoms with Gasteiger partial charge in [-0.3, -0.25) is 0 Å². The third-order valence-corrected chi connectivity index (χ3v) is 4.53. The minimum atomic E-state index is 0.346. The molecule has 1 N–H and O–H groups in total. The van der Waals surface area contributed by atoms with Crippen molar-refractivity contribution in [2.24, 2.45) is 0 Å². The number of hydrogen-bond donors (Lipinski definition) is 1. The second kappa shape index (κ2) is 5.37. The van der Waals surface area contributed by atoms with Crippen molar-refractivity contribution in [1.82, 2.24) is 5.32 Å². The van der Waals surface area contributed by atoms with Crippen LogP contribution in [0.15, 0.2) is 11.4 Å². The Morgan fingerprint density at radius 2 is 2.13 bits per heavy atom. The SMILES string of the molecule is CNC(CSC(C)(C)C)c1ccsc1C. The van der Waals surface area contributed by atoms with Gasteiger partial charge in [-0.2, -0.15) is 11.8 Å². The first kappa shape index (κ1) is 13.1. The molecule has 1 atom stereocenters. The van der Waals surface area contributed by atoms with Gasteiger partial charge in [0.25, 0.3) is 0 Å². The van der Waals surface area contributed by atoms with Gasteiger partial charge in [-0.15, -0.1) is 11.3 Å². The standard InChI is InChI=1S/C12H21NS2/c1-9-10(6-7-14-9)11(13-5)8-15-12(2,3)4/h6-7,11,13H,8H2,1-5H3. The van der Waals surface area contributed by atoms with Gasteiger partial charge < -0.3 is 5.32 Å². The van der Waals surface area contributed by atoms with Gasteiger partial charge in [-0.05, 0) is 31.0 Å². The maximum absolute atomic E-state index is 3.40. The van der Waals surface area contributed by atoms with Crippen molar-refractivity contribution in [3.05, 3.63) is 21.9 Å². The molecular formula is C12H21NS2. The molecule has 1 aromatic rings. The van der Waals surface area contributed by atoms with Crippen LogP contribution in [-0.2, 0) is 0 Å². The Kier molecular flexibility index (Phi) is 4.68. The van der Waals surface area contributed by atoms with Crippen molar-refractivity contribution in [2.45, 2.75) is 38.5 Å². The smallest absolute Gasteiger partial charge is 0.0420 e. The number of nitrogens with one attached hydrogen (secondary N) is 1. The number of aryl methyl sites for hydroxylation is 1. The molecule has 0 aromatic carbocycles. The molecular weight excluding hydrogens is 222 g/mol. The zero-order chi connectivity index (χ0) is 11.5. The van der Waals surface area contributed by atoms with Gasteiger partial charge in [0.05, 0.1) is 0 Å². The van der Waals surface area contributed by atoms with E-state index in [1.165, 1.54) is 10.4 Å². The summed E-state index contributed by atoms with van der Waals surface area (Å²) in [4.78, 5) is 1.43. The molecule has 1 nitrogen and oxygen atoms in total. The monoisotopic (exact) mass is 243 g/mol. The van der Waals surface area contributed by atoms with Crippen LogP contribution in [0, 0.1) is 6.92 Å². The molecule has 0 spiro atoms. The van der Waals surface area contributed by atoms with E-state index in [0.717, 1.165) is 5.75 Å². The first-order chi connectivity index (χ1) is 6.94. The Morgan fingerprint density at radius 3 is 2.53 bits per heavy atom. The molecule has 0 amide bonds. The minimum absolute atomic E-state index is 0.346. The second-order valence-electron chi connectivity index (χ2n) is 4.70. The van der Waals surface area contributed by atoms with E-state index < -0.39 is 0 Å². The Bertz CT molecular complexity index is 299. The Balaban J connectivity index is 2.61. The highest BCUT2D eigenvalue weighted by atomic mass is 32.2. The van der Waals surface area contributed by atoms with Gasteiger partial charge in [0, 0.05) is 21.4 Å². The van der Waals surface area contributed by atoms with E-state index in [9.17, 15) is 0 Å². The average molecular weight is 243 g/mol. The van der Waals surface area contributed by atoms with Crippen molar-refractivity contribution in [3.8, 4) is 0 Å². The van der Waals surface area contributed by atoms with E-state index >= 15 is 0 Å². The Labute approximate surface area is 102 Å². The highest BCUT2D eigenvalue weighted by Gasteiger charge is 2.17. The van der Waals surface area contributed by atoms with E-state index in [-0.39, 0.29) is 0 Å². The molecule has 1 rings (SSSR count). The summed E-state index contributed by atoms with van der Waals surface area (Å²) in [6, 6.07) is 2.73. The molecule has 1 unspecified atom stereocenters. The van der Waals surface area contributed by atoms with Crippen molar-refractivity contribution >= 4 is 23.1 Å². The number of rotatable bonds is 4. The van der Waals surface area contributed by atoms with E-state index in [0.29, 0.717) is 10.8 Å². The summed E-state index contributed by atoms with van der Waals surface area (Å²) in [5, 5.41) is 5.58. The van der Waals surface area contributed by atoms with E-state index in [1.54, 1.807) is 0 Å². The molecule has 1 aromatic heterocycles. The van der Waals surface area contributed by atoms with Crippen LogP contribution in [0.4, 0.5) is 0 Å². The largest absolute Gasteiger partial charge is 0.312 e. The fraction of sp³-hybridized carbons (Fsp3) is 0.667. The first-order valence-electron chi connectivity index (χ1n) is 5.29. The highest BCUT2D eigenvalue weighted by Crippen LogP contribution is 2.30. The molecule has 3 heteroatoms. The molecule has 1 heterocycles. The van der Waals surface area contributed by atoms with Crippen molar-refractivity contribution in [2.75, 3.05) is 12.8 Å². The average Bonchev–Trinajstić information content (AvgIpc) is 2.52. The van der Waals surface area contributed by atoms with E-state index in [4.69, 9.17) is 0 Å². The van der Waals surface area contributed by atoms with Gasteiger partial charge in [0.1, 0.15) is 0 Å². The van der Waals surface area contributed by atoms with Gasteiger partial charge in [0.2, 0.25) is 0 Å². The van der Waals surface area contributed by atoms with Crippen LogP contribution in [0.3, 0.4) is 0 Å². The molecule has 0 aliphatic carbocycles. The quantitative estimate of drug-likeness (QED) is 0.862. The van der Waals surface area contributed by atoms with Gasteiger partial charge in [0.15, 0.2) is 0 Å². The fourth-order valence-electron chi connectivity index (χ4n) is 1.42. The summed E-state index contributed by atoms with van der Waals surface area (Å²) < 4.78 is 0.346. The summed E-state index contributed by atoms with van der Waals surface area (Å²) in [7, 11) is 2.05. The van der Waals surface area contributed by atoms with Crippen LogP contribution in [0.1, 0.15) is 37.3 Å². The molecule has 0 saturated carbocycles. The number of thiophene rings is 1. The van der Waals surface area contributed by atoms with Crippen LogP contribution in [0.5, 0.6) is 0 Å². The van der Waals surface area contributed by atoms with Gasteiger partial charge in [-0.25, -0.2) is 0 Å². The lowest BCUT2D eigenvalue weighted by Gasteiger charge is -2.22. The summed E-state index contributed by atoms with van der Waals surface area (Å²) in [5.74, 6) is 1.14. The van der Waals surface area contributed by atoms with Crippen LogP contribution >= 0.6 is 23.1 Å². The van der Waals surface area contributed by atoms with Crippen molar-refractivity contribution in [1.29, 1.82) is 0 Å². The molecule has 0 fully saturated rings. The third-order valence-electron chi connectivity index (χ3n) is 2.31. The van der Waals surface area contributed by atoms with Crippen LogP contribution < -0.4 is 5.32 Å². The summed E-state index contributed by atoms with van der Waals surface area (Å²) >= 11 is 3.85. The van der Waals surface area contributed by atoms with Gasteiger partial charge in [-0.1, -0.05) is 20.8 Å². The zero-order valence-electron chi connectivity index (χ0n) is 10.3. The normalized spacial score (nSPS) is 14.2. The Morgan fingerprint density at radius 1 is 1.47 bits per heavy atom.